The second kappa shape index (κ2) is 4.24. The number of hydrogen-bond acceptors (Lipinski definition) is 2. The molecule has 1 heterocycles. The van der Waals surface area contributed by atoms with E-state index in [0.717, 1.165) is 11.6 Å². The summed E-state index contributed by atoms with van der Waals surface area (Å²) < 4.78 is 1.96. The van der Waals surface area contributed by atoms with Crippen LogP contribution >= 0.6 is 0 Å². The molecule has 90 valence electrons. The van der Waals surface area contributed by atoms with E-state index in [9.17, 15) is 0 Å². The molecule has 0 aliphatic rings. The molecular weight excluding hydrogens is 210 g/mol. The van der Waals surface area contributed by atoms with Crippen molar-refractivity contribution in [3.63, 3.8) is 0 Å². The van der Waals surface area contributed by atoms with Crippen LogP contribution in [0.3, 0.4) is 0 Å². The van der Waals surface area contributed by atoms with Crippen molar-refractivity contribution in [1.82, 2.24) is 9.55 Å². The Balaban J connectivity index is 2.26. The van der Waals surface area contributed by atoms with Gasteiger partial charge in [0, 0.05) is 25.1 Å². The molecule has 1 aromatic heterocycles. The highest BCUT2D eigenvalue weighted by atomic mass is 15.2. The molecule has 17 heavy (non-hydrogen) atoms. The van der Waals surface area contributed by atoms with E-state index in [2.05, 4.69) is 55.3 Å². The normalized spacial score (nSPS) is 11.5. The lowest BCUT2D eigenvalue weighted by Gasteiger charge is -2.20. The second-order valence-corrected chi connectivity index (χ2v) is 5.32. The standard InChI is InChI=1S/C14H19N3/c1-14(2,3)11-6-5-7-12(10-11)16-13-15-8-9-17(13)4/h5-10H,1-4H3,(H,15,16). The monoisotopic (exact) mass is 229 g/mol. The van der Waals surface area contributed by atoms with E-state index in [1.54, 1.807) is 6.20 Å². The van der Waals surface area contributed by atoms with Crippen LogP contribution in [0, 0.1) is 0 Å². The predicted octanol–water partition coefficient (Wildman–Crippen LogP) is 3.46. The fourth-order valence-corrected chi connectivity index (χ4v) is 1.68. The lowest BCUT2D eigenvalue weighted by Crippen LogP contribution is -2.11. The number of imidazole rings is 1. The van der Waals surface area contributed by atoms with E-state index in [-0.39, 0.29) is 5.41 Å². The average Bonchev–Trinajstić information content (AvgIpc) is 2.64. The first kappa shape index (κ1) is 11.7. The summed E-state index contributed by atoms with van der Waals surface area (Å²) in [7, 11) is 1.98. The molecule has 0 radical (unpaired) electrons. The van der Waals surface area contributed by atoms with Gasteiger partial charge in [-0.25, -0.2) is 4.98 Å². The number of nitrogens with zero attached hydrogens (tertiary/aromatic N) is 2. The number of anilines is 2. The molecule has 3 heteroatoms. The molecular formula is C14H19N3. The molecule has 0 saturated carbocycles. The predicted molar refractivity (Wildman–Crippen MR) is 71.6 cm³/mol. The van der Waals surface area contributed by atoms with Gasteiger partial charge in [0.15, 0.2) is 0 Å². The van der Waals surface area contributed by atoms with Gasteiger partial charge in [0.2, 0.25) is 5.95 Å². The highest BCUT2D eigenvalue weighted by molar-refractivity contribution is 5.55. The SMILES string of the molecule is Cn1ccnc1Nc1cccc(C(C)(C)C)c1. The summed E-state index contributed by atoms with van der Waals surface area (Å²) in [6.07, 6.45) is 3.71. The van der Waals surface area contributed by atoms with E-state index in [0.29, 0.717) is 0 Å². The van der Waals surface area contributed by atoms with Crippen LogP contribution < -0.4 is 5.32 Å². The summed E-state index contributed by atoms with van der Waals surface area (Å²) in [5, 5.41) is 3.32. The fourth-order valence-electron chi connectivity index (χ4n) is 1.68. The van der Waals surface area contributed by atoms with Gasteiger partial charge >= 0.3 is 0 Å². The number of nitrogens with one attached hydrogen (secondary N) is 1. The van der Waals surface area contributed by atoms with Gasteiger partial charge in [0.25, 0.3) is 0 Å². The molecule has 0 fully saturated rings. The van der Waals surface area contributed by atoms with Gasteiger partial charge in [0.05, 0.1) is 0 Å². The van der Waals surface area contributed by atoms with Gasteiger partial charge in [-0.15, -0.1) is 0 Å². The van der Waals surface area contributed by atoms with Crippen LogP contribution in [0.5, 0.6) is 0 Å². The largest absolute Gasteiger partial charge is 0.326 e. The van der Waals surface area contributed by atoms with Crippen molar-refractivity contribution in [3.8, 4) is 0 Å². The lowest BCUT2D eigenvalue weighted by molar-refractivity contribution is 0.590. The molecule has 0 atom stereocenters. The van der Waals surface area contributed by atoms with Gasteiger partial charge in [-0.3, -0.25) is 0 Å². The minimum Gasteiger partial charge on any atom is -0.326 e. The molecule has 0 aliphatic carbocycles. The summed E-state index contributed by atoms with van der Waals surface area (Å²) >= 11 is 0. The third-order valence-electron chi connectivity index (χ3n) is 2.81. The first-order chi connectivity index (χ1) is 7.97. The van der Waals surface area contributed by atoms with Crippen LogP contribution in [0.25, 0.3) is 0 Å². The highest BCUT2D eigenvalue weighted by Gasteiger charge is 2.13. The van der Waals surface area contributed by atoms with Crippen LogP contribution in [0.2, 0.25) is 0 Å². The fraction of sp³-hybridized carbons (Fsp3) is 0.357. The molecule has 0 bridgehead atoms. The molecule has 2 rings (SSSR count). The summed E-state index contributed by atoms with van der Waals surface area (Å²) in [5.41, 5.74) is 2.56. The van der Waals surface area contributed by atoms with Crippen molar-refractivity contribution in [2.45, 2.75) is 26.2 Å². The zero-order valence-electron chi connectivity index (χ0n) is 10.9. The van der Waals surface area contributed by atoms with Crippen molar-refractivity contribution < 1.29 is 0 Å². The third-order valence-corrected chi connectivity index (χ3v) is 2.81. The van der Waals surface area contributed by atoms with Gasteiger partial charge < -0.3 is 9.88 Å². The first-order valence-corrected chi connectivity index (χ1v) is 5.82. The Bertz CT molecular complexity index is 506. The van der Waals surface area contributed by atoms with E-state index < -0.39 is 0 Å². The Hall–Kier alpha value is -1.77. The summed E-state index contributed by atoms with van der Waals surface area (Å²) in [6.45, 7) is 6.65. The minimum atomic E-state index is 0.166. The number of benzene rings is 1. The van der Waals surface area contributed by atoms with Crippen molar-refractivity contribution >= 4 is 11.6 Å². The van der Waals surface area contributed by atoms with Crippen molar-refractivity contribution in [3.05, 3.63) is 42.2 Å². The molecule has 1 aromatic carbocycles. The van der Waals surface area contributed by atoms with Crippen LogP contribution in [0.15, 0.2) is 36.7 Å². The van der Waals surface area contributed by atoms with Gasteiger partial charge in [-0.1, -0.05) is 32.9 Å². The second-order valence-electron chi connectivity index (χ2n) is 5.32. The molecule has 0 spiro atoms. The zero-order chi connectivity index (χ0) is 12.5. The first-order valence-electron chi connectivity index (χ1n) is 5.82. The third kappa shape index (κ3) is 2.67. The van der Waals surface area contributed by atoms with Gasteiger partial charge in [0.1, 0.15) is 0 Å². The molecule has 2 aromatic rings. The van der Waals surface area contributed by atoms with E-state index in [4.69, 9.17) is 0 Å². The lowest BCUT2D eigenvalue weighted by atomic mass is 9.87. The van der Waals surface area contributed by atoms with Crippen LogP contribution in [0.1, 0.15) is 26.3 Å². The highest BCUT2D eigenvalue weighted by Crippen LogP contribution is 2.25. The molecule has 0 amide bonds. The Morgan fingerprint density at radius 1 is 1.24 bits per heavy atom. The molecule has 3 nitrogen and oxygen atoms in total. The average molecular weight is 229 g/mol. The Morgan fingerprint density at radius 3 is 2.59 bits per heavy atom. The molecule has 0 aliphatic heterocycles. The minimum absolute atomic E-state index is 0.166. The zero-order valence-corrected chi connectivity index (χ0v) is 10.9. The van der Waals surface area contributed by atoms with E-state index in [1.807, 2.05) is 17.8 Å². The maximum atomic E-state index is 4.25. The molecule has 0 saturated heterocycles. The van der Waals surface area contributed by atoms with Crippen molar-refractivity contribution in [1.29, 1.82) is 0 Å². The van der Waals surface area contributed by atoms with Crippen molar-refractivity contribution in [2.24, 2.45) is 7.05 Å². The topological polar surface area (TPSA) is 29.9 Å². The quantitative estimate of drug-likeness (QED) is 0.854. The Morgan fingerprint density at radius 2 is 2.00 bits per heavy atom. The Kier molecular flexibility index (Phi) is 2.92. The summed E-state index contributed by atoms with van der Waals surface area (Å²) in [6, 6.07) is 8.47. The van der Waals surface area contributed by atoms with Crippen molar-refractivity contribution in [2.75, 3.05) is 5.32 Å². The van der Waals surface area contributed by atoms with Crippen LogP contribution in [-0.2, 0) is 12.5 Å². The number of aromatic nitrogens is 2. The number of aryl methyl sites for hydroxylation is 1. The summed E-state index contributed by atoms with van der Waals surface area (Å²) in [5.74, 6) is 0.857. The van der Waals surface area contributed by atoms with E-state index in [1.165, 1.54) is 5.56 Å². The van der Waals surface area contributed by atoms with Gasteiger partial charge in [-0.05, 0) is 23.1 Å². The maximum absolute atomic E-state index is 4.25. The molecule has 0 unspecified atom stereocenters. The van der Waals surface area contributed by atoms with Crippen LogP contribution in [0.4, 0.5) is 11.6 Å². The smallest absolute Gasteiger partial charge is 0.207 e. The summed E-state index contributed by atoms with van der Waals surface area (Å²) in [4.78, 5) is 4.25. The number of rotatable bonds is 2. The van der Waals surface area contributed by atoms with Gasteiger partial charge in [-0.2, -0.15) is 0 Å². The molecule has 1 N–H and O–H groups in total. The Labute approximate surface area is 103 Å². The van der Waals surface area contributed by atoms with Crippen LogP contribution in [-0.4, -0.2) is 9.55 Å². The number of hydrogen-bond donors (Lipinski definition) is 1. The maximum Gasteiger partial charge on any atom is 0.207 e. The van der Waals surface area contributed by atoms with E-state index >= 15 is 0 Å².